The average Bonchev–Trinajstić information content (AvgIpc) is 2.58. The van der Waals surface area contributed by atoms with Gasteiger partial charge in [0.05, 0.1) is 10.8 Å². The number of Topliss-reactive ketones (excluding diaryl/α,β-unsaturated/α-hetero) is 1. The lowest BCUT2D eigenvalue weighted by Crippen LogP contribution is -2.38. The second-order valence-electron chi connectivity index (χ2n) is 7.29. The van der Waals surface area contributed by atoms with Gasteiger partial charge in [0.1, 0.15) is 5.69 Å². The van der Waals surface area contributed by atoms with Crippen molar-refractivity contribution in [2.45, 2.75) is 33.6 Å². The number of nitro benzene ring substituents is 1. The highest BCUT2D eigenvalue weighted by molar-refractivity contribution is 5.87. The van der Waals surface area contributed by atoms with Gasteiger partial charge in [0.15, 0.2) is 12.4 Å². The molecule has 1 fully saturated rings. The number of hydrogen-bond donors (Lipinski definition) is 0. The molecule has 0 bridgehead atoms. The number of hydrogen-bond acceptors (Lipinski definition) is 6. The molecule has 0 amide bonds. The van der Waals surface area contributed by atoms with Crippen molar-refractivity contribution in [3.05, 3.63) is 34.4 Å². The largest absolute Gasteiger partial charge is 0.457 e. The number of rotatable bonds is 5. The summed E-state index contributed by atoms with van der Waals surface area (Å²) in [6, 6.07) is 6.60. The zero-order valence-electron chi connectivity index (χ0n) is 14.9. The number of benzene rings is 1. The molecule has 7 nitrogen and oxygen atoms in total. The maximum Gasteiger partial charge on any atom is 0.309 e. The summed E-state index contributed by atoms with van der Waals surface area (Å²) < 4.78 is 5.16. The predicted molar refractivity (Wildman–Crippen MR) is 93.5 cm³/mol. The van der Waals surface area contributed by atoms with Crippen molar-refractivity contribution in [1.82, 2.24) is 0 Å². The van der Waals surface area contributed by atoms with Gasteiger partial charge in [0.2, 0.25) is 0 Å². The number of piperidine rings is 1. The number of ketones is 1. The third-order valence-corrected chi connectivity index (χ3v) is 4.43. The van der Waals surface area contributed by atoms with E-state index in [0.29, 0.717) is 31.6 Å². The molecule has 1 aromatic rings. The minimum Gasteiger partial charge on any atom is -0.457 e. The van der Waals surface area contributed by atoms with Crippen molar-refractivity contribution in [3.63, 3.8) is 0 Å². The third-order valence-electron chi connectivity index (χ3n) is 4.43. The summed E-state index contributed by atoms with van der Waals surface area (Å²) in [5.74, 6) is -0.746. The molecular formula is C18H24N2O5. The lowest BCUT2D eigenvalue weighted by molar-refractivity contribution is -0.384. The van der Waals surface area contributed by atoms with Crippen LogP contribution in [0.25, 0.3) is 0 Å². The summed E-state index contributed by atoms with van der Waals surface area (Å²) in [6.45, 7) is 6.24. The van der Waals surface area contributed by atoms with Gasteiger partial charge in [-0.3, -0.25) is 19.7 Å². The highest BCUT2D eigenvalue weighted by atomic mass is 16.6. The first-order valence-corrected chi connectivity index (χ1v) is 8.38. The number of nitrogens with zero attached hydrogens (tertiary/aromatic N) is 2. The molecule has 2 rings (SSSR count). The molecule has 0 N–H and O–H groups in total. The lowest BCUT2D eigenvalue weighted by Gasteiger charge is -2.32. The van der Waals surface area contributed by atoms with Gasteiger partial charge in [-0.15, -0.1) is 0 Å². The number of anilines is 1. The molecule has 0 spiro atoms. The van der Waals surface area contributed by atoms with E-state index in [4.69, 9.17) is 4.74 Å². The van der Waals surface area contributed by atoms with Gasteiger partial charge >= 0.3 is 5.97 Å². The van der Waals surface area contributed by atoms with Gasteiger partial charge < -0.3 is 9.64 Å². The summed E-state index contributed by atoms with van der Waals surface area (Å²) in [5, 5.41) is 11.1. The van der Waals surface area contributed by atoms with E-state index in [1.54, 1.807) is 39.0 Å². The fourth-order valence-corrected chi connectivity index (χ4v) is 2.71. The monoisotopic (exact) mass is 348 g/mol. The molecule has 1 aliphatic rings. The first-order valence-electron chi connectivity index (χ1n) is 8.38. The molecule has 0 aliphatic carbocycles. The normalized spacial score (nSPS) is 15.7. The van der Waals surface area contributed by atoms with Crippen LogP contribution in [0, 0.1) is 21.4 Å². The quantitative estimate of drug-likeness (QED) is 0.462. The van der Waals surface area contributed by atoms with Crippen LogP contribution in [-0.4, -0.2) is 36.4 Å². The molecule has 0 unspecified atom stereocenters. The summed E-state index contributed by atoms with van der Waals surface area (Å²) in [4.78, 5) is 36.7. The maximum atomic E-state index is 12.1. The average molecular weight is 348 g/mol. The van der Waals surface area contributed by atoms with Crippen LogP contribution in [0.4, 0.5) is 11.4 Å². The molecule has 1 aromatic carbocycles. The van der Waals surface area contributed by atoms with Gasteiger partial charge in [0, 0.05) is 24.6 Å². The Labute approximate surface area is 147 Å². The number of para-hydroxylation sites is 2. The van der Waals surface area contributed by atoms with Gasteiger partial charge in [-0.25, -0.2) is 0 Å². The van der Waals surface area contributed by atoms with Crippen molar-refractivity contribution < 1.29 is 19.2 Å². The van der Waals surface area contributed by atoms with Crippen LogP contribution in [-0.2, 0) is 14.3 Å². The number of carbonyl (C=O) groups excluding carboxylic acids is 2. The van der Waals surface area contributed by atoms with E-state index in [2.05, 4.69) is 0 Å². The summed E-state index contributed by atoms with van der Waals surface area (Å²) in [6.07, 6.45) is 1.10. The summed E-state index contributed by atoms with van der Waals surface area (Å²) in [7, 11) is 0. The molecular weight excluding hydrogens is 324 g/mol. The van der Waals surface area contributed by atoms with Crippen LogP contribution in [0.2, 0.25) is 0 Å². The molecule has 1 heterocycles. The van der Waals surface area contributed by atoms with E-state index in [1.165, 1.54) is 6.07 Å². The van der Waals surface area contributed by atoms with Crippen LogP contribution >= 0.6 is 0 Å². The second-order valence-corrected chi connectivity index (χ2v) is 7.29. The fourth-order valence-electron chi connectivity index (χ4n) is 2.71. The molecule has 136 valence electrons. The topological polar surface area (TPSA) is 89.8 Å². The Hall–Kier alpha value is -2.44. The minimum absolute atomic E-state index is 0.0688. The second kappa shape index (κ2) is 7.63. The standard InChI is InChI=1S/C18H24N2O5/c1-18(2,3)16(21)12-25-17(22)13-8-10-19(11-9-13)14-6-4-5-7-15(14)20(23)24/h4-7,13H,8-12H2,1-3H3. The Balaban J connectivity index is 1.91. The van der Waals surface area contributed by atoms with Crippen LogP contribution < -0.4 is 4.90 Å². The molecule has 0 atom stereocenters. The number of nitro groups is 1. The minimum atomic E-state index is -0.532. The zero-order valence-corrected chi connectivity index (χ0v) is 14.9. The Bertz CT molecular complexity index is 658. The van der Waals surface area contributed by atoms with E-state index < -0.39 is 10.3 Å². The van der Waals surface area contributed by atoms with Crippen molar-refractivity contribution in [1.29, 1.82) is 0 Å². The first-order chi connectivity index (χ1) is 11.7. The first kappa shape index (κ1) is 18.9. The smallest absolute Gasteiger partial charge is 0.309 e. The fraction of sp³-hybridized carbons (Fsp3) is 0.556. The molecule has 7 heteroatoms. The van der Waals surface area contributed by atoms with E-state index in [9.17, 15) is 19.7 Å². The van der Waals surface area contributed by atoms with Gasteiger partial charge in [0.25, 0.3) is 5.69 Å². The number of ether oxygens (including phenoxy) is 1. The molecule has 1 saturated heterocycles. The highest BCUT2D eigenvalue weighted by Crippen LogP contribution is 2.31. The molecule has 25 heavy (non-hydrogen) atoms. The van der Waals surface area contributed by atoms with Crippen LogP contribution in [0.1, 0.15) is 33.6 Å². The Morgan fingerprint density at radius 3 is 2.40 bits per heavy atom. The van der Waals surface area contributed by atoms with Crippen LogP contribution in [0.3, 0.4) is 0 Å². The van der Waals surface area contributed by atoms with E-state index in [0.717, 1.165) is 0 Å². The highest BCUT2D eigenvalue weighted by Gasteiger charge is 2.30. The lowest BCUT2D eigenvalue weighted by atomic mass is 9.91. The van der Waals surface area contributed by atoms with E-state index in [1.807, 2.05) is 4.90 Å². The third kappa shape index (κ3) is 4.78. The summed E-state index contributed by atoms with van der Waals surface area (Å²) in [5.41, 5.74) is 0.108. The molecule has 0 radical (unpaired) electrons. The van der Waals surface area contributed by atoms with Gasteiger partial charge in [-0.2, -0.15) is 0 Å². The van der Waals surface area contributed by atoms with Crippen molar-refractivity contribution in [2.75, 3.05) is 24.6 Å². The van der Waals surface area contributed by atoms with E-state index >= 15 is 0 Å². The molecule has 1 aliphatic heterocycles. The SMILES string of the molecule is CC(C)(C)C(=O)COC(=O)C1CCN(c2ccccc2[N+](=O)[O-])CC1. The number of esters is 1. The van der Waals surface area contributed by atoms with Crippen molar-refractivity contribution in [2.24, 2.45) is 11.3 Å². The van der Waals surface area contributed by atoms with E-state index in [-0.39, 0.29) is 30.0 Å². The maximum absolute atomic E-state index is 12.1. The van der Waals surface area contributed by atoms with Gasteiger partial charge in [-0.1, -0.05) is 32.9 Å². The molecule has 0 saturated carbocycles. The van der Waals surface area contributed by atoms with Gasteiger partial charge in [-0.05, 0) is 18.9 Å². The number of carbonyl (C=O) groups is 2. The van der Waals surface area contributed by atoms with Crippen molar-refractivity contribution in [3.8, 4) is 0 Å². The Morgan fingerprint density at radius 1 is 1.24 bits per heavy atom. The van der Waals surface area contributed by atoms with Crippen LogP contribution in [0.15, 0.2) is 24.3 Å². The molecule has 0 aromatic heterocycles. The Kier molecular flexibility index (Phi) is 5.77. The Morgan fingerprint density at radius 2 is 1.84 bits per heavy atom. The summed E-state index contributed by atoms with van der Waals surface area (Å²) >= 11 is 0. The van der Waals surface area contributed by atoms with Crippen molar-refractivity contribution >= 4 is 23.1 Å². The zero-order chi connectivity index (χ0) is 18.6. The predicted octanol–water partition coefficient (Wildman–Crippen LogP) is 2.97. The van der Waals surface area contributed by atoms with Crippen LogP contribution in [0.5, 0.6) is 0 Å².